The number of carbonyl (C=O) groups is 2. The maximum absolute atomic E-state index is 12.1. The van der Waals surface area contributed by atoms with Crippen LogP contribution in [0.4, 0.5) is 18.9 Å². The fraction of sp³-hybridized carbons (Fsp3) is 0.467. The zero-order valence-corrected chi connectivity index (χ0v) is 13.8. The molecule has 1 atom stereocenters. The van der Waals surface area contributed by atoms with Gasteiger partial charge in [0.1, 0.15) is 5.75 Å². The van der Waals surface area contributed by atoms with Crippen molar-refractivity contribution in [2.45, 2.75) is 19.3 Å². The molecule has 24 heavy (non-hydrogen) atoms. The average molecular weight is 347 g/mol. The molecule has 0 spiro atoms. The Morgan fingerprint density at radius 1 is 1.17 bits per heavy atom. The van der Waals surface area contributed by atoms with Crippen LogP contribution in [0.5, 0.6) is 5.75 Å². The number of halogens is 3. The zero-order chi connectivity index (χ0) is 18.5. The molecule has 1 rings (SSSR count). The third kappa shape index (κ3) is 6.45. The molecule has 2 amide bonds. The van der Waals surface area contributed by atoms with E-state index >= 15 is 0 Å². The van der Waals surface area contributed by atoms with Crippen molar-refractivity contribution in [1.82, 2.24) is 9.80 Å². The van der Waals surface area contributed by atoms with Crippen LogP contribution >= 0.6 is 0 Å². The number of likely N-dealkylation sites (N-methyl/N-ethyl adjacent to an activating group) is 2. The van der Waals surface area contributed by atoms with E-state index in [4.69, 9.17) is 0 Å². The van der Waals surface area contributed by atoms with E-state index in [1.165, 1.54) is 17.0 Å². The second kappa shape index (κ2) is 8.00. The molecule has 0 aliphatic rings. The molecule has 1 unspecified atom stereocenters. The molecule has 6 nitrogen and oxygen atoms in total. The monoisotopic (exact) mass is 347 g/mol. The van der Waals surface area contributed by atoms with Gasteiger partial charge in [0.05, 0.1) is 12.6 Å². The molecule has 9 heteroatoms. The van der Waals surface area contributed by atoms with Gasteiger partial charge in [0.25, 0.3) is 0 Å². The van der Waals surface area contributed by atoms with Crippen molar-refractivity contribution in [3.63, 3.8) is 0 Å². The molecule has 0 aliphatic carbocycles. The lowest BCUT2D eigenvalue weighted by molar-refractivity contribution is -0.274. The van der Waals surface area contributed by atoms with E-state index in [1.807, 2.05) is 0 Å². The first kappa shape index (κ1) is 19.8. The Bertz CT molecular complexity index is 574. The van der Waals surface area contributed by atoms with E-state index in [-0.39, 0.29) is 24.1 Å². The largest absolute Gasteiger partial charge is 0.573 e. The van der Waals surface area contributed by atoms with Gasteiger partial charge < -0.3 is 15.0 Å². The van der Waals surface area contributed by atoms with Gasteiger partial charge >= 0.3 is 6.36 Å². The quantitative estimate of drug-likeness (QED) is 0.854. The summed E-state index contributed by atoms with van der Waals surface area (Å²) in [5.41, 5.74) is 0.328. The smallest absolute Gasteiger partial charge is 0.406 e. The Morgan fingerprint density at radius 3 is 2.17 bits per heavy atom. The number of carbonyl (C=O) groups excluding carboxylic acids is 2. The summed E-state index contributed by atoms with van der Waals surface area (Å²) in [7, 11) is 4.86. The summed E-state index contributed by atoms with van der Waals surface area (Å²) in [6.07, 6.45) is -4.76. The molecule has 0 heterocycles. The minimum absolute atomic E-state index is 0.0694. The third-order valence-corrected chi connectivity index (χ3v) is 3.28. The molecule has 0 aromatic heterocycles. The Kier molecular flexibility index (Phi) is 6.59. The summed E-state index contributed by atoms with van der Waals surface area (Å²) < 4.78 is 40.0. The predicted octanol–water partition coefficient (Wildman–Crippen LogP) is 1.93. The molecule has 1 aromatic carbocycles. The Morgan fingerprint density at radius 2 is 1.71 bits per heavy atom. The van der Waals surface area contributed by atoms with Gasteiger partial charge in [0.15, 0.2) is 0 Å². The number of benzene rings is 1. The lowest BCUT2D eigenvalue weighted by atomic mass is 10.2. The average Bonchev–Trinajstić information content (AvgIpc) is 2.46. The lowest BCUT2D eigenvalue weighted by Gasteiger charge is -2.24. The van der Waals surface area contributed by atoms with E-state index in [9.17, 15) is 22.8 Å². The second-order valence-corrected chi connectivity index (χ2v) is 5.44. The van der Waals surface area contributed by atoms with Crippen LogP contribution in [0.25, 0.3) is 0 Å². The van der Waals surface area contributed by atoms with Crippen molar-refractivity contribution in [3.05, 3.63) is 24.3 Å². The molecule has 1 aromatic rings. The highest BCUT2D eigenvalue weighted by molar-refractivity contribution is 5.94. The van der Waals surface area contributed by atoms with Gasteiger partial charge in [-0.15, -0.1) is 13.2 Å². The molecule has 0 aliphatic heterocycles. The highest BCUT2D eigenvalue weighted by Crippen LogP contribution is 2.24. The highest BCUT2D eigenvalue weighted by atomic mass is 19.4. The number of anilines is 1. The minimum atomic E-state index is -4.76. The van der Waals surface area contributed by atoms with Crippen LogP contribution in [0.3, 0.4) is 0 Å². The normalized spacial score (nSPS) is 12.7. The summed E-state index contributed by atoms with van der Waals surface area (Å²) in [6, 6.07) is 4.22. The summed E-state index contributed by atoms with van der Waals surface area (Å²) in [4.78, 5) is 26.8. The lowest BCUT2D eigenvalue weighted by Crippen LogP contribution is -2.44. The van der Waals surface area contributed by atoms with Gasteiger partial charge in [0, 0.05) is 19.8 Å². The van der Waals surface area contributed by atoms with Crippen molar-refractivity contribution < 1.29 is 27.5 Å². The maximum atomic E-state index is 12.1. The number of hydrogen-bond donors (Lipinski definition) is 1. The van der Waals surface area contributed by atoms with Crippen molar-refractivity contribution in [2.24, 2.45) is 0 Å². The maximum Gasteiger partial charge on any atom is 0.573 e. The number of amides is 2. The molecular formula is C15H20F3N3O3. The number of rotatable bonds is 6. The van der Waals surface area contributed by atoms with Crippen LogP contribution in [-0.2, 0) is 9.59 Å². The van der Waals surface area contributed by atoms with E-state index in [2.05, 4.69) is 10.1 Å². The Hall–Kier alpha value is -2.29. The zero-order valence-electron chi connectivity index (χ0n) is 13.8. The summed E-state index contributed by atoms with van der Waals surface area (Å²) in [5.74, 6) is -0.901. The summed E-state index contributed by atoms with van der Waals surface area (Å²) >= 11 is 0. The highest BCUT2D eigenvalue weighted by Gasteiger charge is 2.31. The third-order valence-electron chi connectivity index (χ3n) is 3.28. The molecular weight excluding hydrogens is 327 g/mol. The number of hydrogen-bond acceptors (Lipinski definition) is 4. The van der Waals surface area contributed by atoms with Gasteiger partial charge in [-0.05, 0) is 38.2 Å². The fourth-order valence-electron chi connectivity index (χ4n) is 1.68. The van der Waals surface area contributed by atoms with E-state index in [0.29, 0.717) is 5.69 Å². The van der Waals surface area contributed by atoms with Crippen LogP contribution in [0.1, 0.15) is 6.92 Å². The number of nitrogens with one attached hydrogen (secondary N) is 1. The van der Waals surface area contributed by atoms with E-state index in [1.54, 1.807) is 33.0 Å². The molecule has 0 fully saturated rings. The van der Waals surface area contributed by atoms with E-state index in [0.717, 1.165) is 12.1 Å². The number of alkyl halides is 3. The molecule has 0 radical (unpaired) electrons. The number of nitrogens with zero attached hydrogens (tertiary/aromatic N) is 2. The summed E-state index contributed by atoms with van der Waals surface area (Å²) in [5, 5.41) is 2.57. The van der Waals surface area contributed by atoms with Gasteiger partial charge in [-0.2, -0.15) is 0 Å². The minimum Gasteiger partial charge on any atom is -0.406 e. The standard InChI is InChI=1S/C15H20F3N3O3/c1-10(21(4)9-13(22)20(2)3)14(23)19-11-5-7-12(8-6-11)24-15(16,17)18/h5-8,10H,9H2,1-4H3,(H,19,23). The predicted molar refractivity (Wildman–Crippen MR) is 82.5 cm³/mol. The fourth-order valence-corrected chi connectivity index (χ4v) is 1.68. The molecule has 134 valence electrons. The van der Waals surface area contributed by atoms with Crippen LogP contribution < -0.4 is 10.1 Å². The molecule has 1 N–H and O–H groups in total. The number of ether oxygens (including phenoxy) is 1. The van der Waals surface area contributed by atoms with Crippen molar-refractivity contribution in [3.8, 4) is 5.75 Å². The van der Waals surface area contributed by atoms with Gasteiger partial charge in [-0.1, -0.05) is 0 Å². The van der Waals surface area contributed by atoms with Crippen molar-refractivity contribution >= 4 is 17.5 Å². The Labute approximate surface area is 138 Å². The van der Waals surface area contributed by atoms with Crippen molar-refractivity contribution in [1.29, 1.82) is 0 Å². The topological polar surface area (TPSA) is 61.9 Å². The van der Waals surface area contributed by atoms with Gasteiger partial charge in [0.2, 0.25) is 11.8 Å². The van der Waals surface area contributed by atoms with Crippen LogP contribution in [0.15, 0.2) is 24.3 Å². The van der Waals surface area contributed by atoms with Gasteiger partial charge in [-0.3, -0.25) is 14.5 Å². The first-order chi connectivity index (χ1) is 11.0. The first-order valence-electron chi connectivity index (χ1n) is 7.06. The Balaban J connectivity index is 2.62. The van der Waals surface area contributed by atoms with Crippen molar-refractivity contribution in [2.75, 3.05) is 33.0 Å². The van der Waals surface area contributed by atoms with Crippen LogP contribution in [-0.4, -0.2) is 61.7 Å². The van der Waals surface area contributed by atoms with Gasteiger partial charge in [-0.25, -0.2) is 0 Å². The molecule has 0 bridgehead atoms. The molecule has 0 saturated heterocycles. The van der Waals surface area contributed by atoms with Crippen LogP contribution in [0, 0.1) is 0 Å². The van der Waals surface area contributed by atoms with E-state index < -0.39 is 12.4 Å². The first-order valence-corrected chi connectivity index (χ1v) is 7.06. The molecule has 0 saturated carbocycles. The second-order valence-electron chi connectivity index (χ2n) is 5.44. The summed E-state index contributed by atoms with van der Waals surface area (Å²) in [6.45, 7) is 1.69. The van der Waals surface area contributed by atoms with Crippen LogP contribution in [0.2, 0.25) is 0 Å². The SMILES string of the molecule is CC(C(=O)Nc1ccc(OC(F)(F)F)cc1)N(C)CC(=O)N(C)C.